The predicted molar refractivity (Wildman–Crippen MR) is 53.0 cm³/mol. The lowest BCUT2D eigenvalue weighted by Gasteiger charge is -2.14. The van der Waals surface area contributed by atoms with Crippen molar-refractivity contribution in [2.45, 2.75) is 12.8 Å². The van der Waals surface area contributed by atoms with Gasteiger partial charge in [-0.05, 0) is 12.8 Å². The fourth-order valence-electron chi connectivity index (χ4n) is 1.53. The molecule has 1 aromatic rings. The van der Waals surface area contributed by atoms with Crippen molar-refractivity contribution in [2.75, 3.05) is 30.4 Å². The molecule has 1 aromatic heterocycles. The normalized spacial score (nSPS) is 16.2. The Morgan fingerprint density at radius 2 is 1.85 bits per heavy atom. The largest absolute Gasteiger partial charge is 0.386 e. The average molecular weight is 178 g/mol. The molecule has 13 heavy (non-hydrogen) atoms. The van der Waals surface area contributed by atoms with Gasteiger partial charge in [-0.2, -0.15) is 0 Å². The molecular formula is C9H14N4. The van der Waals surface area contributed by atoms with Crippen LogP contribution in [0.25, 0.3) is 0 Å². The van der Waals surface area contributed by atoms with Crippen molar-refractivity contribution < 1.29 is 0 Å². The minimum Gasteiger partial charge on any atom is -0.386 e. The second-order valence-electron chi connectivity index (χ2n) is 3.22. The fraction of sp³-hybridized carbons (Fsp3) is 0.556. The van der Waals surface area contributed by atoms with Gasteiger partial charge in [0.1, 0.15) is 0 Å². The van der Waals surface area contributed by atoms with Gasteiger partial charge in [-0.15, -0.1) is 0 Å². The van der Waals surface area contributed by atoms with Crippen LogP contribution in [0, 0.1) is 0 Å². The van der Waals surface area contributed by atoms with E-state index in [0.29, 0.717) is 0 Å². The van der Waals surface area contributed by atoms with Crippen molar-refractivity contribution in [1.29, 1.82) is 0 Å². The van der Waals surface area contributed by atoms with Crippen molar-refractivity contribution in [2.24, 2.45) is 0 Å². The lowest BCUT2D eigenvalue weighted by atomic mass is 10.4. The van der Waals surface area contributed by atoms with Gasteiger partial charge in [-0.3, -0.25) is 0 Å². The highest BCUT2D eigenvalue weighted by Crippen LogP contribution is 2.15. The van der Waals surface area contributed by atoms with Crippen molar-refractivity contribution >= 4 is 11.6 Å². The Balaban J connectivity index is 2.12. The van der Waals surface area contributed by atoms with Gasteiger partial charge in [-0.1, -0.05) is 0 Å². The van der Waals surface area contributed by atoms with Crippen LogP contribution < -0.4 is 10.2 Å². The Labute approximate surface area is 78.0 Å². The maximum absolute atomic E-state index is 4.28. The molecule has 0 spiro atoms. The molecule has 4 heteroatoms. The number of hydrogen-bond acceptors (Lipinski definition) is 4. The summed E-state index contributed by atoms with van der Waals surface area (Å²) in [4.78, 5) is 10.8. The summed E-state index contributed by atoms with van der Waals surface area (Å²) in [6.07, 6.45) is 6.16. The molecule has 1 aliphatic rings. The van der Waals surface area contributed by atoms with E-state index in [2.05, 4.69) is 20.2 Å². The molecule has 1 saturated heterocycles. The van der Waals surface area contributed by atoms with Crippen LogP contribution >= 0.6 is 0 Å². The number of anilines is 2. The molecule has 1 fully saturated rings. The molecule has 0 aromatic carbocycles. The highest BCUT2D eigenvalue weighted by atomic mass is 15.3. The van der Waals surface area contributed by atoms with E-state index in [-0.39, 0.29) is 0 Å². The zero-order valence-corrected chi connectivity index (χ0v) is 7.82. The highest BCUT2D eigenvalue weighted by Gasteiger charge is 2.13. The quantitative estimate of drug-likeness (QED) is 0.736. The molecule has 0 amide bonds. The third-order valence-corrected chi connectivity index (χ3v) is 2.32. The third-order valence-electron chi connectivity index (χ3n) is 2.32. The monoisotopic (exact) mass is 178 g/mol. The maximum Gasteiger partial charge on any atom is 0.225 e. The van der Waals surface area contributed by atoms with Gasteiger partial charge in [0.15, 0.2) is 0 Å². The Morgan fingerprint density at radius 1 is 1.23 bits per heavy atom. The van der Waals surface area contributed by atoms with E-state index >= 15 is 0 Å². The summed E-state index contributed by atoms with van der Waals surface area (Å²) < 4.78 is 0. The van der Waals surface area contributed by atoms with Gasteiger partial charge < -0.3 is 10.2 Å². The minimum atomic E-state index is 0.858. The second-order valence-corrected chi connectivity index (χ2v) is 3.22. The second kappa shape index (κ2) is 3.60. The molecule has 0 bridgehead atoms. The molecule has 0 radical (unpaired) electrons. The topological polar surface area (TPSA) is 41.1 Å². The molecule has 2 heterocycles. The lowest BCUT2D eigenvalue weighted by Crippen LogP contribution is -2.20. The van der Waals surface area contributed by atoms with Crippen LogP contribution in [0.3, 0.4) is 0 Å². The molecule has 0 atom stereocenters. The van der Waals surface area contributed by atoms with Crippen molar-refractivity contribution in [3.63, 3.8) is 0 Å². The first-order valence-electron chi connectivity index (χ1n) is 4.65. The highest BCUT2D eigenvalue weighted by molar-refractivity contribution is 5.41. The number of rotatable bonds is 2. The van der Waals surface area contributed by atoms with E-state index in [4.69, 9.17) is 0 Å². The summed E-state index contributed by atoms with van der Waals surface area (Å²) in [6, 6.07) is 0. The third kappa shape index (κ3) is 1.71. The zero-order valence-electron chi connectivity index (χ0n) is 7.82. The van der Waals surface area contributed by atoms with Crippen LogP contribution in [-0.4, -0.2) is 30.1 Å². The number of nitrogens with zero attached hydrogens (tertiary/aromatic N) is 3. The fourth-order valence-corrected chi connectivity index (χ4v) is 1.53. The van der Waals surface area contributed by atoms with Gasteiger partial charge in [0.05, 0.1) is 18.1 Å². The van der Waals surface area contributed by atoms with E-state index in [9.17, 15) is 0 Å². The molecule has 0 aliphatic carbocycles. The first-order valence-corrected chi connectivity index (χ1v) is 4.65. The van der Waals surface area contributed by atoms with E-state index in [1.807, 2.05) is 19.4 Å². The summed E-state index contributed by atoms with van der Waals surface area (Å²) in [5, 5.41) is 3.00. The standard InChI is InChI=1S/C9H14N4/c1-10-8-6-11-9(12-7-8)13-4-2-3-5-13/h6-7,10H,2-5H2,1H3. The van der Waals surface area contributed by atoms with Gasteiger partial charge in [0.2, 0.25) is 5.95 Å². The van der Waals surface area contributed by atoms with Crippen molar-refractivity contribution in [3.05, 3.63) is 12.4 Å². The van der Waals surface area contributed by atoms with Gasteiger partial charge in [-0.25, -0.2) is 9.97 Å². The molecule has 1 aliphatic heterocycles. The average Bonchev–Trinajstić information content (AvgIpc) is 2.71. The summed E-state index contributed by atoms with van der Waals surface area (Å²) in [6.45, 7) is 2.19. The van der Waals surface area contributed by atoms with Gasteiger partial charge in [0, 0.05) is 20.1 Å². The van der Waals surface area contributed by atoms with E-state index < -0.39 is 0 Å². The summed E-state index contributed by atoms with van der Waals surface area (Å²) in [5.41, 5.74) is 0.961. The Morgan fingerprint density at radius 3 is 2.38 bits per heavy atom. The van der Waals surface area contributed by atoms with Crippen molar-refractivity contribution in [1.82, 2.24) is 9.97 Å². The van der Waals surface area contributed by atoms with Gasteiger partial charge >= 0.3 is 0 Å². The van der Waals surface area contributed by atoms with Crippen LogP contribution in [-0.2, 0) is 0 Å². The molecule has 2 rings (SSSR count). The summed E-state index contributed by atoms with van der Waals surface area (Å²) in [7, 11) is 1.87. The van der Waals surface area contributed by atoms with E-state index in [1.165, 1.54) is 12.8 Å². The SMILES string of the molecule is CNc1cnc(N2CCCC2)nc1. The van der Waals surface area contributed by atoms with Crippen LogP contribution in [0.2, 0.25) is 0 Å². The van der Waals surface area contributed by atoms with Crippen LogP contribution in [0.15, 0.2) is 12.4 Å². The molecule has 0 saturated carbocycles. The Bertz CT molecular complexity index is 263. The molecular weight excluding hydrogens is 164 g/mol. The molecule has 4 nitrogen and oxygen atoms in total. The maximum atomic E-state index is 4.28. The van der Waals surface area contributed by atoms with Crippen molar-refractivity contribution in [3.8, 4) is 0 Å². The Kier molecular flexibility index (Phi) is 2.29. The zero-order chi connectivity index (χ0) is 9.10. The smallest absolute Gasteiger partial charge is 0.225 e. The lowest BCUT2D eigenvalue weighted by molar-refractivity contribution is 0.899. The molecule has 70 valence electrons. The van der Waals surface area contributed by atoms with Crippen LogP contribution in [0.5, 0.6) is 0 Å². The van der Waals surface area contributed by atoms with E-state index in [0.717, 1.165) is 24.7 Å². The minimum absolute atomic E-state index is 0.858. The number of hydrogen-bond donors (Lipinski definition) is 1. The van der Waals surface area contributed by atoms with Crippen LogP contribution in [0.1, 0.15) is 12.8 Å². The first kappa shape index (κ1) is 8.29. The number of nitrogens with one attached hydrogen (secondary N) is 1. The molecule has 1 N–H and O–H groups in total. The summed E-state index contributed by atoms with van der Waals surface area (Å²) >= 11 is 0. The Hall–Kier alpha value is -1.32. The molecule has 0 unspecified atom stereocenters. The number of aromatic nitrogens is 2. The predicted octanol–water partition coefficient (Wildman–Crippen LogP) is 1.12. The summed E-state index contributed by atoms with van der Waals surface area (Å²) in [5.74, 6) is 0.858. The van der Waals surface area contributed by atoms with Crippen LogP contribution in [0.4, 0.5) is 11.6 Å². The first-order chi connectivity index (χ1) is 6.40. The van der Waals surface area contributed by atoms with Gasteiger partial charge in [0.25, 0.3) is 0 Å². The van der Waals surface area contributed by atoms with E-state index in [1.54, 1.807) is 0 Å².